The fraction of sp³-hybridized carbons (Fsp3) is 0.381. The molecule has 2 aliphatic rings. The molecular formula is C21H21F2NO3. The quantitative estimate of drug-likeness (QED) is 0.798. The van der Waals surface area contributed by atoms with Gasteiger partial charge in [-0.2, -0.15) is 0 Å². The number of hydrogen-bond donors (Lipinski definition) is 0. The second kappa shape index (κ2) is 7.55. The fourth-order valence-corrected chi connectivity index (χ4v) is 4.04. The molecule has 0 radical (unpaired) electrons. The first-order valence-corrected chi connectivity index (χ1v) is 9.16. The lowest BCUT2D eigenvalue weighted by Gasteiger charge is -2.20. The Hall–Kier alpha value is -2.63. The van der Waals surface area contributed by atoms with Gasteiger partial charge in [0.05, 0.1) is 6.10 Å². The molecule has 3 atom stereocenters. The molecule has 1 saturated heterocycles. The summed E-state index contributed by atoms with van der Waals surface area (Å²) in [4.78, 5) is 14.0. The average molecular weight is 373 g/mol. The summed E-state index contributed by atoms with van der Waals surface area (Å²) in [5.41, 5.74) is 0.963. The minimum atomic E-state index is -0.905. The zero-order chi connectivity index (χ0) is 18.8. The van der Waals surface area contributed by atoms with Gasteiger partial charge in [-0.25, -0.2) is 13.6 Å². The molecule has 0 N–H and O–H groups in total. The van der Waals surface area contributed by atoms with Gasteiger partial charge >= 0.3 is 6.09 Å². The summed E-state index contributed by atoms with van der Waals surface area (Å²) in [5, 5.41) is 0. The lowest BCUT2D eigenvalue weighted by molar-refractivity contribution is 0.0985. The van der Waals surface area contributed by atoms with E-state index in [0.29, 0.717) is 30.7 Å². The highest BCUT2D eigenvalue weighted by molar-refractivity contribution is 5.68. The van der Waals surface area contributed by atoms with Crippen molar-refractivity contribution in [1.29, 1.82) is 0 Å². The van der Waals surface area contributed by atoms with Crippen molar-refractivity contribution >= 4 is 6.09 Å². The van der Waals surface area contributed by atoms with Gasteiger partial charge < -0.3 is 14.4 Å². The van der Waals surface area contributed by atoms with Crippen molar-refractivity contribution in [3.8, 4) is 5.75 Å². The van der Waals surface area contributed by atoms with Crippen molar-refractivity contribution in [3.05, 3.63) is 65.7 Å². The molecule has 1 aliphatic heterocycles. The van der Waals surface area contributed by atoms with Crippen LogP contribution in [0.5, 0.6) is 5.75 Å². The third-order valence-electron chi connectivity index (χ3n) is 5.36. The summed E-state index contributed by atoms with van der Waals surface area (Å²) >= 11 is 0. The number of nitrogens with zero attached hydrogens (tertiary/aromatic N) is 1. The van der Waals surface area contributed by atoms with Crippen molar-refractivity contribution in [3.63, 3.8) is 0 Å². The van der Waals surface area contributed by atoms with Crippen LogP contribution in [0.2, 0.25) is 0 Å². The Morgan fingerprint density at radius 2 is 1.70 bits per heavy atom. The Bertz CT molecular complexity index is 800. The number of ether oxygens (including phenoxy) is 2. The van der Waals surface area contributed by atoms with Crippen LogP contribution in [0.4, 0.5) is 13.6 Å². The minimum Gasteiger partial charge on any atom is -0.490 e. The molecule has 142 valence electrons. The number of likely N-dealkylation sites (tertiary alicyclic amines) is 1. The maximum atomic E-state index is 13.3. The van der Waals surface area contributed by atoms with Gasteiger partial charge in [0.25, 0.3) is 0 Å². The largest absolute Gasteiger partial charge is 0.490 e. The SMILES string of the molecule is O=C(OCc1ccccc1)N1C[C@H]2C[C@@H](Oc3ccc(F)c(F)c3)C[C@H]2C1. The van der Waals surface area contributed by atoms with Crippen LogP contribution in [0.25, 0.3) is 0 Å². The monoisotopic (exact) mass is 373 g/mol. The molecule has 1 saturated carbocycles. The highest BCUT2D eigenvalue weighted by Crippen LogP contribution is 2.40. The fourth-order valence-electron chi connectivity index (χ4n) is 4.04. The van der Waals surface area contributed by atoms with Gasteiger partial charge in [0.2, 0.25) is 0 Å². The average Bonchev–Trinajstić information content (AvgIpc) is 3.22. The maximum absolute atomic E-state index is 13.3. The van der Waals surface area contributed by atoms with E-state index in [9.17, 15) is 13.6 Å². The predicted molar refractivity (Wildman–Crippen MR) is 95.2 cm³/mol. The van der Waals surface area contributed by atoms with Gasteiger partial charge in [0, 0.05) is 19.2 Å². The Morgan fingerprint density at radius 3 is 2.37 bits per heavy atom. The third-order valence-corrected chi connectivity index (χ3v) is 5.36. The van der Waals surface area contributed by atoms with Gasteiger partial charge in [-0.05, 0) is 42.4 Å². The lowest BCUT2D eigenvalue weighted by atomic mass is 10.0. The maximum Gasteiger partial charge on any atom is 0.410 e. The smallest absolute Gasteiger partial charge is 0.410 e. The molecule has 2 aromatic carbocycles. The van der Waals surface area contributed by atoms with Crippen LogP contribution in [-0.4, -0.2) is 30.2 Å². The van der Waals surface area contributed by atoms with Gasteiger partial charge in [-0.3, -0.25) is 0 Å². The molecule has 4 rings (SSSR count). The number of halogens is 2. The Morgan fingerprint density at radius 1 is 1.00 bits per heavy atom. The number of hydrogen-bond acceptors (Lipinski definition) is 3. The van der Waals surface area contributed by atoms with Crippen LogP contribution in [0.3, 0.4) is 0 Å². The summed E-state index contributed by atoms with van der Waals surface area (Å²) in [5.74, 6) is -0.736. The Kier molecular flexibility index (Phi) is 4.97. The van der Waals surface area contributed by atoms with Crippen molar-refractivity contribution in [2.24, 2.45) is 11.8 Å². The molecule has 1 heterocycles. The van der Waals surface area contributed by atoms with Crippen LogP contribution in [0.15, 0.2) is 48.5 Å². The van der Waals surface area contributed by atoms with Crippen LogP contribution >= 0.6 is 0 Å². The first-order chi connectivity index (χ1) is 13.1. The number of fused-ring (bicyclic) bond motifs is 1. The highest BCUT2D eigenvalue weighted by Gasteiger charge is 2.43. The van der Waals surface area contributed by atoms with Gasteiger partial charge in [-0.1, -0.05) is 30.3 Å². The van der Waals surface area contributed by atoms with Crippen LogP contribution in [0, 0.1) is 23.5 Å². The zero-order valence-electron chi connectivity index (χ0n) is 14.8. The van der Waals surface area contributed by atoms with E-state index in [0.717, 1.165) is 30.5 Å². The summed E-state index contributed by atoms with van der Waals surface area (Å²) in [7, 11) is 0. The first-order valence-electron chi connectivity index (χ1n) is 9.16. The molecule has 0 unspecified atom stereocenters. The van der Waals surface area contributed by atoms with Crippen LogP contribution < -0.4 is 4.74 Å². The highest BCUT2D eigenvalue weighted by atomic mass is 19.2. The molecule has 4 nitrogen and oxygen atoms in total. The number of carbonyl (C=O) groups is 1. The van der Waals surface area contributed by atoms with Crippen LogP contribution in [-0.2, 0) is 11.3 Å². The van der Waals surface area contributed by atoms with E-state index in [1.54, 1.807) is 4.90 Å². The number of rotatable bonds is 4. The molecule has 0 spiro atoms. The Labute approximate surface area is 156 Å². The summed E-state index contributed by atoms with van der Waals surface area (Å²) < 4.78 is 37.5. The second-order valence-electron chi connectivity index (χ2n) is 7.25. The van der Waals surface area contributed by atoms with Gasteiger partial charge in [0.15, 0.2) is 11.6 Å². The van der Waals surface area contributed by atoms with Crippen molar-refractivity contribution in [2.75, 3.05) is 13.1 Å². The summed E-state index contributed by atoms with van der Waals surface area (Å²) in [6.07, 6.45) is 1.27. The van der Waals surface area contributed by atoms with E-state index in [4.69, 9.17) is 9.47 Å². The van der Waals surface area contributed by atoms with Gasteiger partial charge in [0.1, 0.15) is 12.4 Å². The molecule has 0 bridgehead atoms. The van der Waals surface area contributed by atoms with E-state index in [1.165, 1.54) is 6.07 Å². The minimum absolute atomic E-state index is 0.0349. The Balaban J connectivity index is 1.26. The van der Waals surface area contributed by atoms with E-state index >= 15 is 0 Å². The molecule has 2 aromatic rings. The van der Waals surface area contributed by atoms with Crippen molar-refractivity contribution in [1.82, 2.24) is 4.90 Å². The number of carbonyl (C=O) groups excluding carboxylic acids is 1. The molecule has 1 amide bonds. The predicted octanol–water partition coefficient (Wildman–Crippen LogP) is 4.39. The van der Waals surface area contributed by atoms with Crippen molar-refractivity contribution < 1.29 is 23.0 Å². The summed E-state index contributed by atoms with van der Waals surface area (Å²) in [6.45, 7) is 1.57. The second-order valence-corrected chi connectivity index (χ2v) is 7.25. The number of amides is 1. The first kappa shape index (κ1) is 17.8. The van der Waals surface area contributed by atoms with E-state index in [1.807, 2.05) is 30.3 Å². The van der Waals surface area contributed by atoms with E-state index in [-0.39, 0.29) is 18.8 Å². The van der Waals surface area contributed by atoms with E-state index in [2.05, 4.69) is 0 Å². The van der Waals surface area contributed by atoms with Gasteiger partial charge in [-0.15, -0.1) is 0 Å². The molecule has 6 heteroatoms. The lowest BCUT2D eigenvalue weighted by Crippen LogP contribution is -2.31. The van der Waals surface area contributed by atoms with Crippen LogP contribution in [0.1, 0.15) is 18.4 Å². The molecule has 27 heavy (non-hydrogen) atoms. The molecular weight excluding hydrogens is 352 g/mol. The molecule has 1 aliphatic carbocycles. The van der Waals surface area contributed by atoms with Crippen molar-refractivity contribution in [2.45, 2.75) is 25.6 Å². The third kappa shape index (κ3) is 4.04. The number of benzene rings is 2. The normalized spacial score (nSPS) is 23.9. The summed E-state index contributed by atoms with van der Waals surface area (Å²) in [6, 6.07) is 13.2. The zero-order valence-corrected chi connectivity index (χ0v) is 14.8. The van der Waals surface area contributed by atoms with E-state index < -0.39 is 11.6 Å². The molecule has 2 fully saturated rings. The molecule has 0 aromatic heterocycles. The topological polar surface area (TPSA) is 38.8 Å². The standard InChI is InChI=1S/C21H21F2NO3/c22-19-7-6-17(10-20(19)23)27-18-8-15-11-24(12-16(15)9-18)21(25)26-13-14-4-2-1-3-5-14/h1-7,10,15-16,18H,8-9,11-13H2/t15-,16+,18-.